The highest BCUT2D eigenvalue weighted by molar-refractivity contribution is 5.83. The molecule has 0 aromatic heterocycles. The van der Waals surface area contributed by atoms with E-state index < -0.39 is 12.0 Å². The summed E-state index contributed by atoms with van der Waals surface area (Å²) in [6.07, 6.45) is 9.34. The van der Waals surface area contributed by atoms with Gasteiger partial charge >= 0.3 is 12.0 Å². The molecule has 0 heterocycles. The van der Waals surface area contributed by atoms with E-state index in [0.717, 1.165) is 25.7 Å². The number of hydrogen-bond donors (Lipinski definition) is 2. The second-order valence-electron chi connectivity index (χ2n) is 4.47. The van der Waals surface area contributed by atoms with Gasteiger partial charge in [0.25, 0.3) is 0 Å². The summed E-state index contributed by atoms with van der Waals surface area (Å²) in [5.74, 6) is 1.17. The second kappa shape index (κ2) is 6.90. The Balaban J connectivity index is 2.60. The standard InChI is InChI=1S/C13H20N2O3/c1-3-7-11(12(16)17)14-13(18)15(4-2)10-8-5-6-9-10/h1,10-11H,4-9H2,2H3,(H,14,18)(H,16,17). The van der Waals surface area contributed by atoms with Gasteiger partial charge in [-0.1, -0.05) is 12.8 Å². The Labute approximate surface area is 108 Å². The molecular weight excluding hydrogens is 232 g/mol. The fourth-order valence-electron chi connectivity index (χ4n) is 2.33. The summed E-state index contributed by atoms with van der Waals surface area (Å²) in [7, 11) is 0. The number of carbonyl (C=O) groups excluding carboxylic acids is 1. The third-order valence-corrected chi connectivity index (χ3v) is 3.28. The van der Waals surface area contributed by atoms with Crippen LogP contribution in [-0.2, 0) is 4.79 Å². The van der Waals surface area contributed by atoms with Crippen molar-refractivity contribution >= 4 is 12.0 Å². The summed E-state index contributed by atoms with van der Waals surface area (Å²) < 4.78 is 0. The molecule has 0 aromatic rings. The minimum absolute atomic E-state index is 0.00327. The number of carbonyl (C=O) groups is 2. The van der Waals surface area contributed by atoms with Crippen LogP contribution in [0.3, 0.4) is 0 Å². The fraction of sp³-hybridized carbons (Fsp3) is 0.692. The Morgan fingerprint density at radius 2 is 2.11 bits per heavy atom. The summed E-state index contributed by atoms with van der Waals surface area (Å²) in [5, 5.41) is 11.4. The van der Waals surface area contributed by atoms with E-state index in [1.54, 1.807) is 4.90 Å². The fourth-order valence-corrected chi connectivity index (χ4v) is 2.33. The predicted octanol–water partition coefficient (Wildman–Crippen LogP) is 1.44. The van der Waals surface area contributed by atoms with E-state index >= 15 is 0 Å². The average Bonchev–Trinajstić information content (AvgIpc) is 2.83. The maximum absolute atomic E-state index is 12.0. The summed E-state index contributed by atoms with van der Waals surface area (Å²) in [6.45, 7) is 2.48. The molecule has 0 saturated heterocycles. The van der Waals surface area contributed by atoms with Gasteiger partial charge in [-0.15, -0.1) is 12.3 Å². The molecule has 1 aliphatic rings. The molecule has 1 atom stereocenters. The van der Waals surface area contributed by atoms with Gasteiger partial charge < -0.3 is 15.3 Å². The zero-order valence-electron chi connectivity index (χ0n) is 10.7. The smallest absolute Gasteiger partial charge is 0.327 e. The number of carboxylic acids is 1. The Morgan fingerprint density at radius 1 is 1.50 bits per heavy atom. The van der Waals surface area contributed by atoms with Gasteiger partial charge in [0.1, 0.15) is 6.04 Å². The van der Waals surface area contributed by atoms with Crippen molar-refractivity contribution in [2.75, 3.05) is 6.54 Å². The number of nitrogens with zero attached hydrogens (tertiary/aromatic N) is 1. The number of amides is 2. The van der Waals surface area contributed by atoms with E-state index in [2.05, 4.69) is 11.2 Å². The van der Waals surface area contributed by atoms with Gasteiger partial charge in [-0.3, -0.25) is 0 Å². The van der Waals surface area contributed by atoms with Crippen LogP contribution >= 0.6 is 0 Å². The largest absolute Gasteiger partial charge is 0.480 e. The highest BCUT2D eigenvalue weighted by Crippen LogP contribution is 2.23. The van der Waals surface area contributed by atoms with Crippen LogP contribution in [0, 0.1) is 12.3 Å². The van der Waals surface area contributed by atoms with Gasteiger partial charge in [0.15, 0.2) is 0 Å². The molecule has 1 rings (SSSR count). The van der Waals surface area contributed by atoms with Crippen molar-refractivity contribution in [3.05, 3.63) is 0 Å². The molecule has 0 aliphatic heterocycles. The molecule has 2 amide bonds. The van der Waals surface area contributed by atoms with Crippen LogP contribution < -0.4 is 5.32 Å². The van der Waals surface area contributed by atoms with Crippen LogP contribution in [0.5, 0.6) is 0 Å². The third kappa shape index (κ3) is 3.66. The third-order valence-electron chi connectivity index (χ3n) is 3.28. The van der Waals surface area contributed by atoms with Crippen LogP contribution in [-0.4, -0.2) is 40.6 Å². The second-order valence-corrected chi connectivity index (χ2v) is 4.47. The van der Waals surface area contributed by atoms with Crippen LogP contribution in [0.2, 0.25) is 0 Å². The van der Waals surface area contributed by atoms with E-state index in [9.17, 15) is 9.59 Å². The lowest BCUT2D eigenvalue weighted by molar-refractivity contribution is -0.139. The first-order chi connectivity index (χ1) is 8.60. The van der Waals surface area contributed by atoms with E-state index in [4.69, 9.17) is 11.5 Å². The molecule has 5 heteroatoms. The number of rotatable bonds is 5. The van der Waals surface area contributed by atoms with Crippen LogP contribution in [0.15, 0.2) is 0 Å². The zero-order chi connectivity index (χ0) is 13.5. The topological polar surface area (TPSA) is 69.6 Å². The Morgan fingerprint density at radius 3 is 2.56 bits per heavy atom. The summed E-state index contributed by atoms with van der Waals surface area (Å²) in [5.41, 5.74) is 0. The lowest BCUT2D eigenvalue weighted by Gasteiger charge is -2.29. The first-order valence-electron chi connectivity index (χ1n) is 6.33. The first kappa shape index (κ1) is 14.4. The van der Waals surface area contributed by atoms with Crippen molar-refractivity contribution in [2.24, 2.45) is 0 Å². The summed E-state index contributed by atoms with van der Waals surface area (Å²) >= 11 is 0. The van der Waals surface area contributed by atoms with Gasteiger partial charge in [-0.2, -0.15) is 0 Å². The van der Waals surface area contributed by atoms with E-state index in [0.29, 0.717) is 6.54 Å². The van der Waals surface area contributed by atoms with Crippen LogP contribution in [0.4, 0.5) is 4.79 Å². The Hall–Kier alpha value is -1.70. The summed E-state index contributed by atoms with van der Waals surface area (Å²) in [4.78, 5) is 24.7. The monoisotopic (exact) mass is 252 g/mol. The average molecular weight is 252 g/mol. The van der Waals surface area contributed by atoms with Gasteiger partial charge in [-0.25, -0.2) is 9.59 Å². The van der Waals surface area contributed by atoms with Crippen LogP contribution in [0.1, 0.15) is 39.0 Å². The van der Waals surface area contributed by atoms with E-state index in [-0.39, 0.29) is 18.5 Å². The molecule has 2 N–H and O–H groups in total. The van der Waals surface area contributed by atoms with Crippen LogP contribution in [0.25, 0.3) is 0 Å². The van der Waals surface area contributed by atoms with Gasteiger partial charge in [0.2, 0.25) is 0 Å². The summed E-state index contributed by atoms with van der Waals surface area (Å²) in [6, 6.07) is -1.10. The van der Waals surface area contributed by atoms with Gasteiger partial charge in [-0.05, 0) is 19.8 Å². The quantitative estimate of drug-likeness (QED) is 0.727. The highest BCUT2D eigenvalue weighted by atomic mass is 16.4. The lowest BCUT2D eigenvalue weighted by Crippen LogP contribution is -2.50. The van der Waals surface area contributed by atoms with Gasteiger partial charge in [0, 0.05) is 19.0 Å². The number of hydrogen-bond acceptors (Lipinski definition) is 2. The molecule has 1 aliphatic carbocycles. The molecule has 100 valence electrons. The molecule has 0 radical (unpaired) electrons. The minimum atomic E-state index is -1.09. The number of urea groups is 1. The van der Waals surface area contributed by atoms with Crippen molar-refractivity contribution in [3.63, 3.8) is 0 Å². The molecule has 1 saturated carbocycles. The molecular formula is C13H20N2O3. The maximum atomic E-state index is 12.0. The Bertz CT molecular complexity index is 343. The number of carboxylic acid groups (broad SMARTS) is 1. The zero-order valence-corrected chi connectivity index (χ0v) is 10.7. The van der Waals surface area contributed by atoms with Crippen molar-refractivity contribution in [3.8, 4) is 12.3 Å². The van der Waals surface area contributed by atoms with Gasteiger partial charge in [0.05, 0.1) is 0 Å². The number of nitrogens with one attached hydrogen (secondary N) is 1. The number of aliphatic carboxylic acids is 1. The molecule has 5 nitrogen and oxygen atoms in total. The lowest BCUT2D eigenvalue weighted by atomic mass is 10.2. The van der Waals surface area contributed by atoms with Crippen molar-refractivity contribution in [1.29, 1.82) is 0 Å². The molecule has 1 fully saturated rings. The van der Waals surface area contributed by atoms with E-state index in [1.807, 2.05) is 6.92 Å². The van der Waals surface area contributed by atoms with E-state index in [1.165, 1.54) is 0 Å². The van der Waals surface area contributed by atoms with Crippen molar-refractivity contribution in [1.82, 2.24) is 10.2 Å². The maximum Gasteiger partial charge on any atom is 0.327 e. The molecule has 1 unspecified atom stereocenters. The Kier molecular flexibility index (Phi) is 5.50. The SMILES string of the molecule is C#CCC(NC(=O)N(CC)C1CCCC1)C(=O)O. The molecule has 0 aromatic carbocycles. The normalized spacial score (nSPS) is 16.9. The molecule has 0 spiro atoms. The minimum Gasteiger partial charge on any atom is -0.480 e. The van der Waals surface area contributed by atoms with Crippen molar-refractivity contribution in [2.45, 2.75) is 51.1 Å². The highest BCUT2D eigenvalue weighted by Gasteiger charge is 2.28. The first-order valence-corrected chi connectivity index (χ1v) is 6.33. The molecule has 0 bridgehead atoms. The number of terminal acetylenes is 1. The van der Waals surface area contributed by atoms with Crippen molar-refractivity contribution < 1.29 is 14.7 Å². The predicted molar refractivity (Wildman–Crippen MR) is 68.0 cm³/mol. The molecule has 18 heavy (non-hydrogen) atoms.